The Bertz CT molecular complexity index is 1250. The predicted octanol–water partition coefficient (Wildman–Crippen LogP) is 4.05. The van der Waals surface area contributed by atoms with Gasteiger partial charge >= 0.3 is 6.09 Å². The van der Waals surface area contributed by atoms with Crippen LogP contribution in [0.25, 0.3) is 20.5 Å². The van der Waals surface area contributed by atoms with Gasteiger partial charge in [-0.25, -0.2) is 9.78 Å². The first-order valence-corrected chi connectivity index (χ1v) is 13.1. The highest BCUT2D eigenvalue weighted by molar-refractivity contribution is 7.85. The maximum Gasteiger partial charge on any atom is 0.415 e. The van der Waals surface area contributed by atoms with Crippen molar-refractivity contribution < 1.29 is 32.0 Å². The molecule has 0 aliphatic rings. The van der Waals surface area contributed by atoms with Gasteiger partial charge in [-0.2, -0.15) is 8.42 Å². The second-order valence-electron chi connectivity index (χ2n) is 8.71. The number of amides is 1. The van der Waals surface area contributed by atoms with Crippen LogP contribution in [0.15, 0.2) is 42.6 Å². The number of aliphatic hydroxyl groups excluding tert-OH is 1. The van der Waals surface area contributed by atoms with Crippen LogP contribution in [0, 0.1) is 0 Å². The fourth-order valence-corrected chi connectivity index (χ4v) is 4.33. The molecule has 0 aliphatic carbocycles. The van der Waals surface area contributed by atoms with Crippen molar-refractivity contribution in [3.05, 3.63) is 42.6 Å². The summed E-state index contributed by atoms with van der Waals surface area (Å²) >= 11 is 1.55. The molecule has 0 fully saturated rings. The second kappa shape index (κ2) is 10.3. The van der Waals surface area contributed by atoms with Crippen LogP contribution in [0.5, 0.6) is 5.75 Å². The van der Waals surface area contributed by atoms with Crippen LogP contribution in [0.1, 0.15) is 20.8 Å². The second-order valence-corrected chi connectivity index (χ2v) is 11.4. The molecule has 3 aromatic rings. The zero-order valence-corrected chi connectivity index (χ0v) is 21.3. The van der Waals surface area contributed by atoms with E-state index in [4.69, 9.17) is 9.47 Å². The summed E-state index contributed by atoms with van der Waals surface area (Å²) in [4.78, 5) is 19.0. The van der Waals surface area contributed by atoms with E-state index in [0.717, 1.165) is 26.8 Å². The lowest BCUT2D eigenvalue weighted by Gasteiger charge is -2.24. The van der Waals surface area contributed by atoms with Gasteiger partial charge in [0, 0.05) is 28.4 Å². The van der Waals surface area contributed by atoms with Crippen molar-refractivity contribution >= 4 is 43.5 Å². The summed E-state index contributed by atoms with van der Waals surface area (Å²) in [5.74, 6) is 1.03. The van der Waals surface area contributed by atoms with Crippen LogP contribution in [-0.4, -0.2) is 62.8 Å². The Balaban J connectivity index is 1.67. The number of nitrogens with zero attached hydrogens (tertiary/aromatic N) is 2. The molecular weight excluding hydrogens is 480 g/mol. The first-order chi connectivity index (χ1) is 15.8. The van der Waals surface area contributed by atoms with Crippen molar-refractivity contribution in [3.8, 4) is 16.2 Å². The summed E-state index contributed by atoms with van der Waals surface area (Å²) in [5, 5.41) is 10.9. The number of benzene rings is 1. The number of ether oxygens (including phenoxy) is 2. The minimum Gasteiger partial charge on any atom is -0.491 e. The van der Waals surface area contributed by atoms with Gasteiger partial charge in [-0.05, 0) is 62.6 Å². The summed E-state index contributed by atoms with van der Waals surface area (Å²) < 4.78 is 38.5. The van der Waals surface area contributed by atoms with Crippen LogP contribution in [0.4, 0.5) is 10.6 Å². The minimum atomic E-state index is -3.62. The van der Waals surface area contributed by atoms with Crippen LogP contribution >= 0.6 is 11.3 Å². The first kappa shape index (κ1) is 25.9. The van der Waals surface area contributed by atoms with Gasteiger partial charge in [0.1, 0.15) is 29.9 Å². The maximum absolute atomic E-state index is 12.2. The van der Waals surface area contributed by atoms with Gasteiger partial charge < -0.3 is 14.6 Å². The third kappa shape index (κ3) is 7.39. The van der Waals surface area contributed by atoms with Gasteiger partial charge in [0.05, 0.1) is 12.9 Å². The van der Waals surface area contributed by atoms with Crippen LogP contribution in [0.2, 0.25) is 0 Å². The molecule has 0 unspecified atom stereocenters. The third-order valence-electron chi connectivity index (χ3n) is 4.45. The van der Waals surface area contributed by atoms with Crippen molar-refractivity contribution in [1.82, 2.24) is 4.98 Å². The Morgan fingerprint density at radius 3 is 2.53 bits per heavy atom. The number of pyridine rings is 1. The first-order valence-electron chi connectivity index (χ1n) is 10.4. The highest BCUT2D eigenvalue weighted by atomic mass is 32.2. The smallest absolute Gasteiger partial charge is 0.415 e. The number of hydrogen-bond donors (Lipinski definition) is 1. The molecule has 2 aromatic heterocycles. The van der Waals surface area contributed by atoms with Gasteiger partial charge in [0.15, 0.2) is 0 Å². The van der Waals surface area contributed by atoms with Crippen molar-refractivity contribution in [2.24, 2.45) is 0 Å². The fraction of sp³-hybridized carbons (Fsp3) is 0.391. The van der Waals surface area contributed by atoms with E-state index in [1.54, 1.807) is 36.7 Å². The molecule has 0 spiro atoms. The van der Waals surface area contributed by atoms with E-state index in [9.17, 15) is 18.3 Å². The quantitative estimate of drug-likeness (QED) is 0.453. The number of anilines is 1. The molecule has 0 saturated carbocycles. The van der Waals surface area contributed by atoms with Gasteiger partial charge in [-0.3, -0.25) is 9.08 Å². The molecule has 0 aliphatic heterocycles. The van der Waals surface area contributed by atoms with Gasteiger partial charge in [0.25, 0.3) is 10.1 Å². The summed E-state index contributed by atoms with van der Waals surface area (Å²) in [6.07, 6.45) is 1.07. The zero-order chi connectivity index (χ0) is 25.1. The Morgan fingerprint density at radius 2 is 1.91 bits per heavy atom. The average molecular weight is 509 g/mol. The van der Waals surface area contributed by atoms with Gasteiger partial charge in [0.2, 0.25) is 0 Å². The Morgan fingerprint density at radius 1 is 1.18 bits per heavy atom. The van der Waals surface area contributed by atoms with Crippen LogP contribution < -0.4 is 9.64 Å². The highest BCUT2D eigenvalue weighted by Crippen LogP contribution is 2.35. The van der Waals surface area contributed by atoms with E-state index in [1.807, 2.05) is 45.0 Å². The molecule has 0 bridgehead atoms. The fourth-order valence-electron chi connectivity index (χ4n) is 2.84. The van der Waals surface area contributed by atoms with Crippen LogP contribution in [0.3, 0.4) is 0 Å². The number of thiophene rings is 1. The molecule has 34 heavy (non-hydrogen) atoms. The van der Waals surface area contributed by atoms with Crippen molar-refractivity contribution in [2.75, 3.05) is 31.4 Å². The molecule has 184 valence electrons. The SMILES string of the molecule is CN(C(=O)OC(C)(C)C)c1ccc(-c2cc3ccc(OC[C@H](O)COS(C)(=O)=O)cc3s2)cn1. The molecule has 2 heterocycles. The Kier molecular flexibility index (Phi) is 7.81. The van der Waals surface area contributed by atoms with E-state index in [1.165, 1.54) is 4.90 Å². The van der Waals surface area contributed by atoms with Crippen molar-refractivity contribution in [3.63, 3.8) is 0 Å². The topological polar surface area (TPSA) is 115 Å². The lowest BCUT2D eigenvalue weighted by atomic mass is 10.2. The van der Waals surface area contributed by atoms with Crippen molar-refractivity contribution in [2.45, 2.75) is 32.5 Å². The van der Waals surface area contributed by atoms with Gasteiger partial charge in [-0.15, -0.1) is 11.3 Å². The third-order valence-corrected chi connectivity index (χ3v) is 6.16. The van der Waals surface area contributed by atoms with Crippen LogP contribution in [-0.2, 0) is 19.0 Å². The maximum atomic E-state index is 12.2. The molecule has 1 N–H and O–H groups in total. The average Bonchev–Trinajstić information content (AvgIpc) is 3.17. The van der Waals surface area contributed by atoms with E-state index in [2.05, 4.69) is 9.17 Å². The number of aliphatic hydroxyl groups is 1. The largest absolute Gasteiger partial charge is 0.491 e. The number of carbonyl (C=O) groups is 1. The van der Waals surface area contributed by atoms with E-state index in [-0.39, 0.29) is 13.2 Å². The molecule has 3 rings (SSSR count). The zero-order valence-electron chi connectivity index (χ0n) is 19.6. The molecule has 11 heteroatoms. The molecule has 0 radical (unpaired) electrons. The number of hydrogen-bond acceptors (Lipinski definition) is 9. The molecule has 1 aromatic carbocycles. The number of carbonyl (C=O) groups excluding carboxylic acids is 1. The Hall–Kier alpha value is -2.73. The summed E-state index contributed by atoms with van der Waals surface area (Å²) in [6, 6.07) is 11.2. The van der Waals surface area contributed by atoms with Gasteiger partial charge in [-0.1, -0.05) is 0 Å². The lowest BCUT2D eigenvalue weighted by Crippen LogP contribution is -2.34. The van der Waals surface area contributed by atoms with E-state index < -0.39 is 27.9 Å². The number of fused-ring (bicyclic) bond motifs is 1. The highest BCUT2D eigenvalue weighted by Gasteiger charge is 2.21. The van der Waals surface area contributed by atoms with E-state index in [0.29, 0.717) is 11.6 Å². The summed E-state index contributed by atoms with van der Waals surface area (Å²) in [6.45, 7) is 4.96. The number of aromatic nitrogens is 1. The predicted molar refractivity (Wildman–Crippen MR) is 132 cm³/mol. The number of rotatable bonds is 8. The molecule has 0 saturated heterocycles. The normalized spacial score (nSPS) is 13.0. The molecule has 9 nitrogen and oxygen atoms in total. The van der Waals surface area contributed by atoms with Crippen molar-refractivity contribution in [1.29, 1.82) is 0 Å². The summed E-state index contributed by atoms with van der Waals surface area (Å²) in [7, 11) is -2.01. The lowest BCUT2D eigenvalue weighted by molar-refractivity contribution is 0.0588. The summed E-state index contributed by atoms with van der Waals surface area (Å²) in [5.41, 5.74) is 0.311. The minimum absolute atomic E-state index is 0.101. The molecular formula is C23H28N2O7S2. The standard InChI is InChI=1S/C23H28N2O7S2/c1-23(2,3)32-22(27)25(4)21-9-7-16(12-24-21)19-10-15-6-8-18(11-20(15)33-19)30-13-17(26)14-31-34(5,28)29/h6-12,17,26H,13-14H2,1-5H3/t17-/m0/s1. The molecule has 1 atom stereocenters. The monoisotopic (exact) mass is 508 g/mol. The molecule has 1 amide bonds. The Labute approximate surface area is 203 Å². The van der Waals surface area contributed by atoms with E-state index >= 15 is 0 Å².